The summed E-state index contributed by atoms with van der Waals surface area (Å²) in [6.07, 6.45) is 3.65. The maximum absolute atomic E-state index is 12.1. The Labute approximate surface area is 120 Å². The van der Waals surface area contributed by atoms with E-state index in [0.717, 1.165) is 25.9 Å². The van der Waals surface area contributed by atoms with Gasteiger partial charge in [0.25, 0.3) is 0 Å². The lowest BCUT2D eigenvalue weighted by molar-refractivity contribution is -0.133. The quantitative estimate of drug-likeness (QED) is 0.664. The lowest BCUT2D eigenvalue weighted by atomic mass is 10.00. The fourth-order valence-electron chi connectivity index (χ4n) is 2.59. The molecule has 1 aliphatic heterocycles. The zero-order chi connectivity index (χ0) is 14.4. The number of amides is 1. The molecular weight excluding hydrogens is 252 g/mol. The zero-order valence-corrected chi connectivity index (χ0v) is 12.2. The molecule has 2 N–H and O–H groups in total. The van der Waals surface area contributed by atoms with Gasteiger partial charge in [0.2, 0.25) is 5.91 Å². The van der Waals surface area contributed by atoms with Gasteiger partial charge in [-0.15, -0.1) is 0 Å². The van der Waals surface area contributed by atoms with Gasteiger partial charge in [-0.3, -0.25) is 4.79 Å². The molecule has 1 aromatic carbocycles. The standard InChI is InChI=1S/C16H24N2O2/c1-13-6-4-10-18(12-13)16(19)9-5-11-20-15-8-3-2-7-14(15)17/h2-3,7-8,13H,4-6,9-12,17H2,1H3. The summed E-state index contributed by atoms with van der Waals surface area (Å²) >= 11 is 0. The van der Waals surface area contributed by atoms with Gasteiger partial charge in [0.15, 0.2) is 0 Å². The number of likely N-dealkylation sites (tertiary alicyclic amines) is 1. The lowest BCUT2D eigenvalue weighted by Crippen LogP contribution is -2.39. The maximum Gasteiger partial charge on any atom is 0.222 e. The highest BCUT2D eigenvalue weighted by Gasteiger charge is 2.20. The van der Waals surface area contributed by atoms with Gasteiger partial charge in [-0.05, 0) is 37.3 Å². The lowest BCUT2D eigenvalue weighted by Gasteiger charge is -2.31. The number of anilines is 1. The molecule has 4 nitrogen and oxygen atoms in total. The van der Waals surface area contributed by atoms with Crippen LogP contribution in [0.2, 0.25) is 0 Å². The number of hydrogen-bond acceptors (Lipinski definition) is 3. The van der Waals surface area contributed by atoms with Crippen LogP contribution in [0.15, 0.2) is 24.3 Å². The van der Waals surface area contributed by atoms with Crippen molar-refractivity contribution in [2.24, 2.45) is 5.92 Å². The van der Waals surface area contributed by atoms with Crippen LogP contribution < -0.4 is 10.5 Å². The number of hydrogen-bond donors (Lipinski definition) is 1. The van der Waals surface area contributed by atoms with E-state index in [1.165, 1.54) is 6.42 Å². The van der Waals surface area contributed by atoms with Crippen molar-refractivity contribution in [1.82, 2.24) is 4.90 Å². The van der Waals surface area contributed by atoms with Crippen molar-refractivity contribution in [2.45, 2.75) is 32.6 Å². The zero-order valence-electron chi connectivity index (χ0n) is 12.2. The summed E-state index contributed by atoms with van der Waals surface area (Å²) in [6, 6.07) is 7.44. The fourth-order valence-corrected chi connectivity index (χ4v) is 2.59. The topological polar surface area (TPSA) is 55.6 Å². The van der Waals surface area contributed by atoms with Gasteiger partial charge in [-0.2, -0.15) is 0 Å². The number of benzene rings is 1. The summed E-state index contributed by atoms with van der Waals surface area (Å²) in [5.74, 6) is 1.58. The Hall–Kier alpha value is -1.71. The molecule has 0 aliphatic carbocycles. The largest absolute Gasteiger partial charge is 0.491 e. The molecule has 0 bridgehead atoms. The first kappa shape index (κ1) is 14.7. The minimum atomic E-state index is 0.251. The molecule has 20 heavy (non-hydrogen) atoms. The number of nitrogens with zero attached hydrogens (tertiary/aromatic N) is 1. The number of ether oxygens (including phenoxy) is 1. The number of carbonyl (C=O) groups is 1. The second kappa shape index (κ2) is 7.17. The Bertz CT molecular complexity index is 448. The molecule has 110 valence electrons. The van der Waals surface area contributed by atoms with Gasteiger partial charge in [0.05, 0.1) is 12.3 Å². The van der Waals surface area contributed by atoms with E-state index in [9.17, 15) is 4.79 Å². The molecule has 4 heteroatoms. The van der Waals surface area contributed by atoms with E-state index in [2.05, 4.69) is 6.92 Å². The van der Waals surface area contributed by atoms with E-state index < -0.39 is 0 Å². The Morgan fingerprint density at radius 3 is 3.00 bits per heavy atom. The van der Waals surface area contributed by atoms with Crippen LogP contribution in [0.3, 0.4) is 0 Å². The summed E-state index contributed by atoms with van der Waals surface area (Å²) in [4.78, 5) is 14.1. The molecule has 0 saturated carbocycles. The second-order valence-electron chi connectivity index (χ2n) is 5.58. The highest BCUT2D eigenvalue weighted by molar-refractivity contribution is 5.76. The summed E-state index contributed by atoms with van der Waals surface area (Å²) in [6.45, 7) is 4.56. The number of piperidine rings is 1. The molecule has 1 fully saturated rings. The number of carbonyl (C=O) groups excluding carboxylic acids is 1. The van der Waals surface area contributed by atoms with Gasteiger partial charge in [-0.25, -0.2) is 0 Å². The molecule has 0 aromatic heterocycles. The number of nitrogens with two attached hydrogens (primary N) is 1. The van der Waals surface area contributed by atoms with Crippen molar-refractivity contribution in [3.05, 3.63) is 24.3 Å². The molecular formula is C16H24N2O2. The summed E-state index contributed by atoms with van der Waals surface area (Å²) < 4.78 is 5.60. The SMILES string of the molecule is CC1CCCN(C(=O)CCCOc2ccccc2N)C1. The van der Waals surface area contributed by atoms with Crippen LogP contribution in [0.1, 0.15) is 32.6 Å². The molecule has 1 heterocycles. The molecule has 0 spiro atoms. The van der Waals surface area contributed by atoms with Crippen molar-refractivity contribution < 1.29 is 9.53 Å². The second-order valence-corrected chi connectivity index (χ2v) is 5.58. The summed E-state index contributed by atoms with van der Waals surface area (Å²) in [7, 11) is 0. The molecule has 1 saturated heterocycles. The Balaban J connectivity index is 1.68. The Morgan fingerprint density at radius 1 is 1.45 bits per heavy atom. The number of nitrogen functional groups attached to an aromatic ring is 1. The molecule has 1 aliphatic rings. The van der Waals surface area contributed by atoms with Gasteiger partial charge in [0, 0.05) is 19.5 Å². The highest BCUT2D eigenvalue weighted by atomic mass is 16.5. The van der Waals surface area contributed by atoms with Crippen LogP contribution in [0.5, 0.6) is 5.75 Å². The average molecular weight is 276 g/mol. The monoisotopic (exact) mass is 276 g/mol. The summed E-state index contributed by atoms with van der Waals surface area (Å²) in [5.41, 5.74) is 6.44. The molecule has 1 amide bonds. The van der Waals surface area contributed by atoms with Crippen LogP contribution in [-0.4, -0.2) is 30.5 Å². The van der Waals surface area contributed by atoms with Crippen LogP contribution in [0, 0.1) is 5.92 Å². The van der Waals surface area contributed by atoms with Crippen molar-refractivity contribution in [2.75, 3.05) is 25.4 Å². The highest BCUT2D eigenvalue weighted by Crippen LogP contribution is 2.20. The van der Waals surface area contributed by atoms with Crippen molar-refractivity contribution in [1.29, 1.82) is 0 Å². The predicted molar refractivity (Wildman–Crippen MR) is 80.6 cm³/mol. The predicted octanol–water partition coefficient (Wildman–Crippen LogP) is 2.69. The molecule has 2 rings (SSSR count). The van der Waals surface area contributed by atoms with E-state index in [1.54, 1.807) is 0 Å². The number of rotatable bonds is 5. The minimum absolute atomic E-state index is 0.251. The average Bonchev–Trinajstić information content (AvgIpc) is 2.45. The van der Waals surface area contributed by atoms with Crippen molar-refractivity contribution in [3.8, 4) is 5.75 Å². The van der Waals surface area contributed by atoms with E-state index >= 15 is 0 Å². The normalized spacial score (nSPS) is 18.9. The molecule has 1 aromatic rings. The third-order valence-electron chi connectivity index (χ3n) is 3.72. The van der Waals surface area contributed by atoms with Crippen LogP contribution in [0.25, 0.3) is 0 Å². The first-order chi connectivity index (χ1) is 9.66. The van der Waals surface area contributed by atoms with E-state index in [1.807, 2.05) is 29.2 Å². The van der Waals surface area contributed by atoms with Gasteiger partial charge in [-0.1, -0.05) is 19.1 Å². The third-order valence-corrected chi connectivity index (χ3v) is 3.72. The van der Waals surface area contributed by atoms with Crippen LogP contribution in [0.4, 0.5) is 5.69 Å². The van der Waals surface area contributed by atoms with Crippen molar-refractivity contribution in [3.63, 3.8) is 0 Å². The first-order valence-electron chi connectivity index (χ1n) is 7.42. The minimum Gasteiger partial charge on any atom is -0.491 e. The Kier molecular flexibility index (Phi) is 5.27. The van der Waals surface area contributed by atoms with E-state index in [-0.39, 0.29) is 5.91 Å². The van der Waals surface area contributed by atoms with Gasteiger partial charge in [0.1, 0.15) is 5.75 Å². The van der Waals surface area contributed by atoms with Gasteiger partial charge < -0.3 is 15.4 Å². The first-order valence-corrected chi connectivity index (χ1v) is 7.42. The fraction of sp³-hybridized carbons (Fsp3) is 0.562. The number of para-hydroxylation sites is 2. The van der Waals surface area contributed by atoms with Crippen LogP contribution in [-0.2, 0) is 4.79 Å². The molecule has 0 radical (unpaired) electrons. The summed E-state index contributed by atoms with van der Waals surface area (Å²) in [5, 5.41) is 0. The van der Waals surface area contributed by atoms with Crippen molar-refractivity contribution >= 4 is 11.6 Å². The van der Waals surface area contributed by atoms with Gasteiger partial charge >= 0.3 is 0 Å². The van der Waals surface area contributed by atoms with E-state index in [0.29, 0.717) is 30.4 Å². The molecule has 1 atom stereocenters. The molecule has 1 unspecified atom stereocenters. The van der Waals surface area contributed by atoms with E-state index in [4.69, 9.17) is 10.5 Å². The van der Waals surface area contributed by atoms with Crippen LogP contribution >= 0.6 is 0 Å². The smallest absolute Gasteiger partial charge is 0.222 e. The third kappa shape index (κ3) is 4.15. The maximum atomic E-state index is 12.1. The Morgan fingerprint density at radius 2 is 2.25 bits per heavy atom.